The van der Waals surface area contributed by atoms with Crippen molar-refractivity contribution in [2.45, 2.75) is 33.1 Å². The second-order valence-corrected chi connectivity index (χ2v) is 6.26. The number of unbranched alkanes of at least 4 members (excludes halogenated alkanes) is 2. The highest BCUT2D eigenvalue weighted by Crippen LogP contribution is 2.33. The molecule has 0 bridgehead atoms. The number of aryl methyl sites for hydroxylation is 1. The van der Waals surface area contributed by atoms with Gasteiger partial charge < -0.3 is 4.74 Å². The minimum absolute atomic E-state index is 0.169. The molecule has 0 spiro atoms. The molecule has 0 unspecified atom stereocenters. The minimum atomic E-state index is -0.181. The number of carbonyl (C=O) groups excluding carboxylic acids is 2. The van der Waals surface area contributed by atoms with Crippen LogP contribution < -0.4 is 4.74 Å². The van der Waals surface area contributed by atoms with Crippen LogP contribution in [0.3, 0.4) is 0 Å². The Kier molecular flexibility index (Phi) is 5.66. The molecule has 0 aliphatic carbocycles. The largest absolute Gasteiger partial charge is 0.496 e. The summed E-state index contributed by atoms with van der Waals surface area (Å²) in [5, 5.41) is -0.169. The Morgan fingerprint density at radius 3 is 2.68 bits per heavy atom. The first-order valence-electron chi connectivity index (χ1n) is 7.46. The van der Waals surface area contributed by atoms with Crippen LogP contribution >= 0.6 is 11.8 Å². The number of amides is 2. The zero-order valence-corrected chi connectivity index (χ0v) is 14.0. The predicted octanol–water partition coefficient (Wildman–Crippen LogP) is 4.23. The van der Waals surface area contributed by atoms with Crippen LogP contribution in [0.2, 0.25) is 0 Å². The zero-order chi connectivity index (χ0) is 16.1. The van der Waals surface area contributed by atoms with Gasteiger partial charge in [0.1, 0.15) is 5.75 Å². The fourth-order valence-electron chi connectivity index (χ4n) is 2.36. The van der Waals surface area contributed by atoms with Crippen LogP contribution in [-0.4, -0.2) is 29.7 Å². The number of ether oxygens (including phenoxy) is 1. The fraction of sp³-hybridized carbons (Fsp3) is 0.412. The molecule has 1 saturated heterocycles. The van der Waals surface area contributed by atoms with Gasteiger partial charge in [-0.3, -0.25) is 14.5 Å². The summed E-state index contributed by atoms with van der Waals surface area (Å²) in [7, 11) is 1.63. The molecule has 0 atom stereocenters. The van der Waals surface area contributed by atoms with Crippen LogP contribution in [0, 0.1) is 6.92 Å². The van der Waals surface area contributed by atoms with Gasteiger partial charge in [0.05, 0.1) is 12.0 Å². The average molecular weight is 319 g/mol. The normalized spacial score (nSPS) is 16.7. The molecule has 118 valence electrons. The lowest BCUT2D eigenvalue weighted by atomic mass is 10.1. The van der Waals surface area contributed by atoms with E-state index in [4.69, 9.17) is 4.74 Å². The Morgan fingerprint density at radius 2 is 2.05 bits per heavy atom. The molecule has 22 heavy (non-hydrogen) atoms. The van der Waals surface area contributed by atoms with Gasteiger partial charge >= 0.3 is 0 Å². The molecule has 1 heterocycles. The van der Waals surface area contributed by atoms with Crippen molar-refractivity contribution >= 4 is 29.0 Å². The van der Waals surface area contributed by atoms with E-state index in [-0.39, 0.29) is 11.1 Å². The molecular formula is C17H21NO3S. The number of nitrogens with zero attached hydrogens (tertiary/aromatic N) is 1. The van der Waals surface area contributed by atoms with E-state index in [0.717, 1.165) is 47.9 Å². The Bertz CT molecular complexity index is 610. The van der Waals surface area contributed by atoms with Crippen molar-refractivity contribution < 1.29 is 14.3 Å². The van der Waals surface area contributed by atoms with E-state index in [0.29, 0.717) is 11.4 Å². The molecule has 1 aromatic carbocycles. The topological polar surface area (TPSA) is 46.6 Å². The third-order valence-corrected chi connectivity index (χ3v) is 4.48. The number of methoxy groups -OCH3 is 1. The summed E-state index contributed by atoms with van der Waals surface area (Å²) in [4.78, 5) is 26.1. The van der Waals surface area contributed by atoms with Crippen molar-refractivity contribution in [2.24, 2.45) is 0 Å². The molecule has 0 aromatic heterocycles. The highest BCUT2D eigenvalue weighted by atomic mass is 32.2. The van der Waals surface area contributed by atoms with Gasteiger partial charge in [0.15, 0.2) is 0 Å². The molecular weight excluding hydrogens is 298 g/mol. The van der Waals surface area contributed by atoms with E-state index in [1.165, 1.54) is 4.90 Å². The Labute approximate surface area is 135 Å². The van der Waals surface area contributed by atoms with Crippen molar-refractivity contribution in [1.82, 2.24) is 4.90 Å². The molecule has 1 aromatic rings. The fourth-order valence-corrected chi connectivity index (χ4v) is 3.22. The molecule has 2 rings (SSSR count). The molecule has 1 aliphatic heterocycles. The van der Waals surface area contributed by atoms with Crippen molar-refractivity contribution in [3.8, 4) is 5.75 Å². The summed E-state index contributed by atoms with van der Waals surface area (Å²) in [5.41, 5.74) is 1.90. The summed E-state index contributed by atoms with van der Waals surface area (Å²) >= 11 is 1.02. The molecule has 2 amide bonds. The number of benzene rings is 1. The van der Waals surface area contributed by atoms with Crippen LogP contribution in [0.15, 0.2) is 23.1 Å². The Morgan fingerprint density at radius 1 is 1.27 bits per heavy atom. The van der Waals surface area contributed by atoms with E-state index in [2.05, 4.69) is 6.92 Å². The summed E-state index contributed by atoms with van der Waals surface area (Å²) < 4.78 is 5.22. The summed E-state index contributed by atoms with van der Waals surface area (Å²) in [6, 6.07) is 5.70. The molecule has 1 fully saturated rings. The first-order valence-corrected chi connectivity index (χ1v) is 8.28. The van der Waals surface area contributed by atoms with Gasteiger partial charge in [-0.1, -0.05) is 25.8 Å². The number of hydrogen-bond donors (Lipinski definition) is 0. The Balaban J connectivity index is 2.14. The van der Waals surface area contributed by atoms with Crippen LogP contribution in [0.4, 0.5) is 4.79 Å². The van der Waals surface area contributed by atoms with E-state index in [1.807, 2.05) is 25.1 Å². The predicted molar refractivity (Wildman–Crippen MR) is 89.9 cm³/mol. The van der Waals surface area contributed by atoms with Crippen LogP contribution in [0.25, 0.3) is 6.08 Å². The van der Waals surface area contributed by atoms with Gasteiger partial charge in [-0.2, -0.15) is 0 Å². The molecule has 5 heteroatoms. The quantitative estimate of drug-likeness (QED) is 0.581. The van der Waals surface area contributed by atoms with Gasteiger partial charge in [0.2, 0.25) is 0 Å². The third-order valence-electron chi connectivity index (χ3n) is 3.58. The number of hydrogen-bond acceptors (Lipinski definition) is 4. The van der Waals surface area contributed by atoms with E-state index < -0.39 is 0 Å². The number of rotatable bonds is 6. The highest BCUT2D eigenvalue weighted by Gasteiger charge is 2.34. The zero-order valence-electron chi connectivity index (χ0n) is 13.2. The van der Waals surface area contributed by atoms with Crippen molar-refractivity contribution in [3.63, 3.8) is 0 Å². The van der Waals surface area contributed by atoms with Crippen LogP contribution in [0.1, 0.15) is 37.3 Å². The summed E-state index contributed by atoms with van der Waals surface area (Å²) in [6.45, 7) is 4.56. The highest BCUT2D eigenvalue weighted by molar-refractivity contribution is 8.18. The smallest absolute Gasteiger partial charge is 0.293 e. The lowest BCUT2D eigenvalue weighted by molar-refractivity contribution is -0.122. The van der Waals surface area contributed by atoms with Crippen LogP contribution in [0.5, 0.6) is 5.75 Å². The monoisotopic (exact) mass is 319 g/mol. The van der Waals surface area contributed by atoms with E-state index >= 15 is 0 Å². The number of thioether (sulfide) groups is 1. The molecule has 0 radical (unpaired) electrons. The maximum Gasteiger partial charge on any atom is 0.293 e. The molecule has 0 N–H and O–H groups in total. The molecule has 1 aliphatic rings. The summed E-state index contributed by atoms with van der Waals surface area (Å²) in [5.74, 6) is 0.629. The Hall–Kier alpha value is -1.75. The van der Waals surface area contributed by atoms with Gasteiger partial charge in [0, 0.05) is 6.54 Å². The third kappa shape index (κ3) is 3.71. The van der Waals surface area contributed by atoms with Gasteiger partial charge in [0.25, 0.3) is 11.1 Å². The SMILES string of the molecule is CCCCCN1C(=O)S/C(=C\c2ccc(OC)c(C)c2)C1=O. The summed E-state index contributed by atoms with van der Waals surface area (Å²) in [6.07, 6.45) is 4.73. The lowest BCUT2D eigenvalue weighted by Crippen LogP contribution is -2.29. The van der Waals surface area contributed by atoms with Gasteiger partial charge in [-0.05, 0) is 54.4 Å². The van der Waals surface area contributed by atoms with Gasteiger partial charge in [-0.15, -0.1) is 0 Å². The van der Waals surface area contributed by atoms with Crippen molar-refractivity contribution in [3.05, 3.63) is 34.2 Å². The minimum Gasteiger partial charge on any atom is -0.496 e. The average Bonchev–Trinajstić information content (AvgIpc) is 2.75. The van der Waals surface area contributed by atoms with E-state index in [9.17, 15) is 9.59 Å². The standard InChI is InChI=1S/C17H21NO3S/c1-4-5-6-9-18-16(19)15(22-17(18)20)11-13-7-8-14(21-3)12(2)10-13/h7-8,10-11H,4-6,9H2,1-3H3/b15-11-. The lowest BCUT2D eigenvalue weighted by Gasteiger charge is -2.11. The second-order valence-electron chi connectivity index (χ2n) is 5.27. The van der Waals surface area contributed by atoms with Crippen molar-refractivity contribution in [1.29, 1.82) is 0 Å². The second kappa shape index (κ2) is 7.49. The first kappa shape index (κ1) is 16.6. The maximum atomic E-state index is 12.3. The van der Waals surface area contributed by atoms with Crippen LogP contribution in [-0.2, 0) is 4.79 Å². The maximum absolute atomic E-state index is 12.3. The van der Waals surface area contributed by atoms with Crippen molar-refractivity contribution in [2.75, 3.05) is 13.7 Å². The van der Waals surface area contributed by atoms with Gasteiger partial charge in [-0.25, -0.2) is 0 Å². The number of carbonyl (C=O) groups is 2. The van der Waals surface area contributed by atoms with E-state index in [1.54, 1.807) is 13.2 Å². The molecule has 0 saturated carbocycles. The molecule has 4 nitrogen and oxygen atoms in total. The number of imide groups is 1. The first-order chi connectivity index (χ1) is 10.6.